The van der Waals surface area contributed by atoms with Gasteiger partial charge < -0.3 is 14.0 Å². The third-order valence-corrected chi connectivity index (χ3v) is 8.13. The lowest BCUT2D eigenvalue weighted by Crippen LogP contribution is -2.71. The Morgan fingerprint density at radius 1 is 1.27 bits per heavy atom. The molecule has 0 amide bonds. The van der Waals surface area contributed by atoms with Crippen LogP contribution in [0.25, 0.3) is 10.9 Å². The van der Waals surface area contributed by atoms with Gasteiger partial charge in [0.1, 0.15) is 12.0 Å². The van der Waals surface area contributed by atoms with Crippen LogP contribution in [0.5, 0.6) is 0 Å². The lowest BCUT2D eigenvalue weighted by atomic mass is 9.53. The molecule has 30 heavy (non-hydrogen) atoms. The van der Waals surface area contributed by atoms with Gasteiger partial charge in [-0.2, -0.15) is 0 Å². The van der Waals surface area contributed by atoms with Gasteiger partial charge in [0.2, 0.25) is 0 Å². The molecule has 1 unspecified atom stereocenters. The van der Waals surface area contributed by atoms with E-state index < -0.39 is 5.41 Å². The molecule has 6 atom stereocenters. The zero-order valence-corrected chi connectivity index (χ0v) is 18.2. The summed E-state index contributed by atoms with van der Waals surface area (Å²) in [7, 11) is 3.62. The number of aryl methyl sites for hydroxylation is 1. The fourth-order valence-corrected chi connectivity index (χ4v) is 6.88. The Balaban J connectivity index is 1.70. The normalized spacial score (nSPS) is 33.9. The number of piperidine rings is 3. The standard InChI is InChI=1S/C24H30N2O4/c1-5-15-12-26-20-11-18(15)24(23(28)29-4,13-30-14(2)27)21(26)10-17-16-8-6-7-9-19(16)25(3)22(17)20/h6-9,15,18,20-21H,5,10-13H2,1-4H3/t15-,18-,20-,21-,24+/m0/s1. The van der Waals surface area contributed by atoms with Crippen molar-refractivity contribution in [2.45, 2.75) is 45.2 Å². The Labute approximate surface area is 177 Å². The van der Waals surface area contributed by atoms with Crippen LogP contribution >= 0.6 is 0 Å². The number of rotatable bonds is 4. The van der Waals surface area contributed by atoms with E-state index in [1.807, 2.05) is 0 Å². The van der Waals surface area contributed by atoms with E-state index in [2.05, 4.69) is 47.7 Å². The third kappa shape index (κ3) is 2.40. The fourth-order valence-electron chi connectivity index (χ4n) is 6.88. The van der Waals surface area contributed by atoms with Gasteiger partial charge in [0.15, 0.2) is 0 Å². The summed E-state index contributed by atoms with van der Waals surface area (Å²) in [5, 5.41) is 1.27. The van der Waals surface area contributed by atoms with Crippen LogP contribution in [0.1, 0.15) is 44.0 Å². The molecule has 0 spiro atoms. The van der Waals surface area contributed by atoms with Crippen molar-refractivity contribution in [3.63, 3.8) is 0 Å². The van der Waals surface area contributed by atoms with Crippen LogP contribution in [0, 0.1) is 17.3 Å². The highest BCUT2D eigenvalue weighted by Crippen LogP contribution is 2.60. The number of methoxy groups -OCH3 is 1. The van der Waals surface area contributed by atoms with Crippen LogP contribution < -0.4 is 0 Å². The Bertz CT molecular complexity index is 1030. The first-order valence-electron chi connectivity index (χ1n) is 11.0. The molecule has 2 aromatic rings. The molecule has 1 aromatic carbocycles. The second-order valence-corrected chi connectivity index (χ2v) is 9.20. The number of hydrogen-bond acceptors (Lipinski definition) is 5. The number of carbonyl (C=O) groups is 2. The Kier molecular flexibility index (Phi) is 4.47. The van der Waals surface area contributed by atoms with Crippen molar-refractivity contribution in [3.05, 3.63) is 35.5 Å². The second kappa shape index (κ2) is 6.84. The van der Waals surface area contributed by atoms with E-state index in [0.29, 0.717) is 12.0 Å². The van der Waals surface area contributed by atoms with E-state index in [0.717, 1.165) is 25.8 Å². The zero-order valence-electron chi connectivity index (χ0n) is 18.2. The summed E-state index contributed by atoms with van der Waals surface area (Å²) in [5.74, 6) is -0.0473. The maximum atomic E-state index is 13.4. The highest BCUT2D eigenvalue weighted by molar-refractivity contribution is 5.87. The molecule has 6 rings (SSSR count). The molecule has 4 aliphatic rings. The lowest BCUT2D eigenvalue weighted by Gasteiger charge is -2.64. The smallest absolute Gasteiger partial charge is 0.317 e. The molecule has 1 aromatic heterocycles. The van der Waals surface area contributed by atoms with E-state index in [9.17, 15) is 9.59 Å². The summed E-state index contributed by atoms with van der Waals surface area (Å²) in [4.78, 5) is 27.7. The van der Waals surface area contributed by atoms with Gasteiger partial charge in [-0.15, -0.1) is 0 Å². The van der Waals surface area contributed by atoms with E-state index in [1.54, 1.807) is 0 Å². The van der Waals surface area contributed by atoms with E-state index >= 15 is 0 Å². The fraction of sp³-hybridized carbons (Fsp3) is 0.583. The molecule has 160 valence electrons. The molecular formula is C24H30N2O4. The molecule has 4 bridgehead atoms. The van der Waals surface area contributed by atoms with Crippen molar-refractivity contribution in [2.24, 2.45) is 24.3 Å². The Morgan fingerprint density at radius 3 is 2.73 bits per heavy atom. The minimum absolute atomic E-state index is 0.0193. The summed E-state index contributed by atoms with van der Waals surface area (Å²) in [6.45, 7) is 4.69. The summed E-state index contributed by atoms with van der Waals surface area (Å²) in [6, 6.07) is 8.79. The van der Waals surface area contributed by atoms with Crippen LogP contribution in [0.2, 0.25) is 0 Å². The van der Waals surface area contributed by atoms with Gasteiger partial charge in [-0.25, -0.2) is 0 Å². The van der Waals surface area contributed by atoms with Crippen LogP contribution in [0.3, 0.4) is 0 Å². The number of para-hydroxylation sites is 1. The van der Waals surface area contributed by atoms with E-state index in [-0.39, 0.29) is 30.5 Å². The zero-order chi connectivity index (χ0) is 21.2. The molecule has 6 heteroatoms. The van der Waals surface area contributed by atoms with Crippen LogP contribution in [0.15, 0.2) is 24.3 Å². The van der Waals surface area contributed by atoms with Gasteiger partial charge in [0.05, 0.1) is 13.2 Å². The Hall–Kier alpha value is -2.34. The minimum atomic E-state index is -0.815. The molecule has 0 saturated carbocycles. The van der Waals surface area contributed by atoms with Crippen molar-refractivity contribution < 1.29 is 19.1 Å². The second-order valence-electron chi connectivity index (χ2n) is 9.20. The summed E-state index contributed by atoms with van der Waals surface area (Å²) >= 11 is 0. The van der Waals surface area contributed by atoms with Crippen molar-refractivity contribution in [1.29, 1.82) is 0 Å². The topological polar surface area (TPSA) is 60.8 Å². The van der Waals surface area contributed by atoms with Crippen LogP contribution in [-0.4, -0.2) is 47.7 Å². The van der Waals surface area contributed by atoms with Crippen LogP contribution in [0.4, 0.5) is 0 Å². The minimum Gasteiger partial charge on any atom is -0.468 e. The number of aromatic nitrogens is 1. The average Bonchev–Trinajstić information content (AvgIpc) is 3.04. The molecule has 4 aliphatic heterocycles. The lowest BCUT2D eigenvalue weighted by molar-refractivity contribution is -0.208. The van der Waals surface area contributed by atoms with Gasteiger partial charge in [-0.3, -0.25) is 14.5 Å². The van der Waals surface area contributed by atoms with Gasteiger partial charge in [0, 0.05) is 43.2 Å². The number of hydrogen-bond donors (Lipinski definition) is 0. The number of ether oxygens (including phenoxy) is 2. The van der Waals surface area contributed by atoms with Crippen molar-refractivity contribution >= 4 is 22.8 Å². The molecule has 0 N–H and O–H groups in total. The maximum Gasteiger partial charge on any atom is 0.317 e. The van der Waals surface area contributed by atoms with Gasteiger partial charge >= 0.3 is 11.9 Å². The number of carbonyl (C=O) groups excluding carboxylic acids is 2. The van der Waals surface area contributed by atoms with Gasteiger partial charge in [-0.05, 0) is 36.3 Å². The predicted octanol–water partition coefficient (Wildman–Crippen LogP) is 3.23. The number of fused-ring (bicyclic) bond motifs is 4. The molecule has 0 radical (unpaired) electrons. The highest BCUT2D eigenvalue weighted by atomic mass is 16.5. The average molecular weight is 411 g/mol. The largest absolute Gasteiger partial charge is 0.468 e. The maximum absolute atomic E-state index is 13.4. The predicted molar refractivity (Wildman–Crippen MR) is 113 cm³/mol. The van der Waals surface area contributed by atoms with Crippen molar-refractivity contribution in [2.75, 3.05) is 20.3 Å². The van der Waals surface area contributed by atoms with Gasteiger partial charge in [-0.1, -0.05) is 31.5 Å². The molecule has 5 heterocycles. The quantitative estimate of drug-likeness (QED) is 0.725. The SMILES string of the molecule is CC[C@H]1CN2[C@H]3Cc4c(n(C)c5ccccc45)[C@@H]2C[C@@H]1[C@@]3(COC(C)=O)C(=O)OC. The van der Waals surface area contributed by atoms with Gasteiger partial charge in [0.25, 0.3) is 0 Å². The van der Waals surface area contributed by atoms with E-state index in [4.69, 9.17) is 9.47 Å². The summed E-state index contributed by atoms with van der Waals surface area (Å²) in [6.07, 6.45) is 2.67. The van der Waals surface area contributed by atoms with Crippen molar-refractivity contribution in [1.82, 2.24) is 9.47 Å². The molecule has 3 saturated heterocycles. The number of benzene rings is 1. The molecule has 0 aliphatic carbocycles. The number of nitrogens with zero attached hydrogens (tertiary/aromatic N) is 2. The first-order valence-corrected chi connectivity index (χ1v) is 11.0. The van der Waals surface area contributed by atoms with E-state index in [1.165, 1.54) is 36.2 Å². The first-order chi connectivity index (χ1) is 14.4. The summed E-state index contributed by atoms with van der Waals surface area (Å²) in [5.41, 5.74) is 3.15. The monoisotopic (exact) mass is 410 g/mol. The summed E-state index contributed by atoms with van der Waals surface area (Å²) < 4.78 is 13.3. The first kappa shape index (κ1) is 19.6. The van der Waals surface area contributed by atoms with Crippen molar-refractivity contribution in [3.8, 4) is 0 Å². The molecule has 3 fully saturated rings. The third-order valence-electron chi connectivity index (χ3n) is 8.13. The highest BCUT2D eigenvalue weighted by Gasteiger charge is 2.66. The van der Waals surface area contributed by atoms with Crippen LogP contribution in [-0.2, 0) is 32.5 Å². The molecular weight excluding hydrogens is 380 g/mol. The Morgan fingerprint density at radius 2 is 2.03 bits per heavy atom. The molecule has 6 nitrogen and oxygen atoms in total. The number of esters is 2.